The number of carbonyl (C=O) groups is 3. The van der Waals surface area contributed by atoms with E-state index in [4.69, 9.17) is 4.52 Å². The minimum atomic E-state index is -0.695. The van der Waals surface area contributed by atoms with Gasteiger partial charge in [-0.2, -0.15) is 4.98 Å². The maximum absolute atomic E-state index is 12.6. The van der Waals surface area contributed by atoms with Gasteiger partial charge in [-0.1, -0.05) is 31.8 Å². The lowest BCUT2D eigenvalue weighted by molar-refractivity contribution is -0.131. The largest absolute Gasteiger partial charge is 0.344 e. The highest BCUT2D eigenvalue weighted by Gasteiger charge is 2.52. The first-order chi connectivity index (χ1) is 13.9. The van der Waals surface area contributed by atoms with Crippen LogP contribution in [0.15, 0.2) is 4.52 Å². The lowest BCUT2D eigenvalue weighted by Crippen LogP contribution is -2.44. The normalized spacial score (nSPS) is 21.8. The van der Waals surface area contributed by atoms with E-state index < -0.39 is 5.54 Å². The van der Waals surface area contributed by atoms with E-state index in [1.54, 1.807) is 0 Å². The Bertz CT molecular complexity index is 795. The van der Waals surface area contributed by atoms with Gasteiger partial charge in [0.1, 0.15) is 11.6 Å². The quantitative estimate of drug-likeness (QED) is 0.644. The van der Waals surface area contributed by atoms with Crippen LogP contribution >= 0.6 is 0 Å². The van der Waals surface area contributed by atoms with Crippen molar-refractivity contribution in [1.82, 2.24) is 25.7 Å². The molecule has 3 aliphatic rings. The van der Waals surface area contributed by atoms with Crippen molar-refractivity contribution in [2.75, 3.05) is 6.54 Å². The summed E-state index contributed by atoms with van der Waals surface area (Å²) >= 11 is 0. The van der Waals surface area contributed by atoms with Crippen LogP contribution < -0.4 is 10.6 Å². The van der Waals surface area contributed by atoms with Crippen LogP contribution in [0.4, 0.5) is 4.79 Å². The van der Waals surface area contributed by atoms with Crippen LogP contribution in [0.2, 0.25) is 0 Å². The molecule has 1 spiro atoms. The van der Waals surface area contributed by atoms with Crippen molar-refractivity contribution < 1.29 is 18.9 Å². The average molecular weight is 403 g/mol. The van der Waals surface area contributed by atoms with Gasteiger partial charge in [0.2, 0.25) is 11.8 Å². The molecule has 2 heterocycles. The van der Waals surface area contributed by atoms with Crippen LogP contribution in [0.25, 0.3) is 0 Å². The van der Waals surface area contributed by atoms with Crippen LogP contribution in [0.3, 0.4) is 0 Å². The molecule has 2 N–H and O–H groups in total. The van der Waals surface area contributed by atoms with E-state index in [2.05, 4.69) is 20.8 Å². The van der Waals surface area contributed by atoms with Crippen LogP contribution in [-0.2, 0) is 9.59 Å². The molecule has 4 amide bonds. The van der Waals surface area contributed by atoms with Crippen molar-refractivity contribution in [3.63, 3.8) is 0 Å². The molecule has 1 aliphatic heterocycles. The number of nitrogens with one attached hydrogen (secondary N) is 2. The third kappa shape index (κ3) is 4.00. The Morgan fingerprint density at radius 1 is 1.31 bits per heavy atom. The van der Waals surface area contributed by atoms with Gasteiger partial charge in [-0.3, -0.25) is 14.5 Å². The molecule has 3 fully saturated rings. The molecular formula is C20H29N5O4. The summed E-state index contributed by atoms with van der Waals surface area (Å²) in [7, 11) is 0. The Labute approximate surface area is 170 Å². The minimum Gasteiger partial charge on any atom is -0.344 e. The highest BCUT2D eigenvalue weighted by molar-refractivity contribution is 6.07. The summed E-state index contributed by atoms with van der Waals surface area (Å²) in [6.07, 6.45) is 6.13. The predicted molar refractivity (Wildman–Crippen MR) is 103 cm³/mol. The fraction of sp³-hybridized carbons (Fsp3) is 0.750. The van der Waals surface area contributed by atoms with Crippen LogP contribution in [-0.4, -0.2) is 45.0 Å². The molecule has 2 saturated carbocycles. The molecule has 1 atom stereocenters. The zero-order valence-electron chi connectivity index (χ0n) is 17.1. The van der Waals surface area contributed by atoms with Crippen molar-refractivity contribution in [2.24, 2.45) is 5.92 Å². The van der Waals surface area contributed by atoms with Gasteiger partial charge in [-0.25, -0.2) is 4.79 Å². The Hall–Kier alpha value is -2.45. The zero-order valence-corrected chi connectivity index (χ0v) is 17.1. The predicted octanol–water partition coefficient (Wildman–Crippen LogP) is 2.41. The van der Waals surface area contributed by atoms with Crippen molar-refractivity contribution in [2.45, 2.75) is 82.7 Å². The standard InChI is InChI=1S/C20H29N5O4/c1-12(2)15(17-22-16(24-29-17)13-7-8-13)21-14(26)6-5-11-25-18(27)20(23-19(25)28)9-3-4-10-20/h12-13,15H,3-11H2,1-2H3,(H,21,26)(H,23,28). The van der Waals surface area contributed by atoms with Gasteiger partial charge in [0.15, 0.2) is 5.82 Å². The second kappa shape index (κ2) is 7.76. The summed E-state index contributed by atoms with van der Waals surface area (Å²) in [5.41, 5.74) is -0.695. The first-order valence-corrected chi connectivity index (χ1v) is 10.7. The van der Waals surface area contributed by atoms with Crippen molar-refractivity contribution in [1.29, 1.82) is 0 Å². The lowest BCUT2D eigenvalue weighted by Gasteiger charge is -2.20. The first kappa shape index (κ1) is 19.8. The van der Waals surface area contributed by atoms with Crippen molar-refractivity contribution in [3.05, 3.63) is 11.7 Å². The van der Waals surface area contributed by atoms with Gasteiger partial charge in [-0.05, 0) is 38.0 Å². The highest BCUT2D eigenvalue weighted by Crippen LogP contribution is 2.39. The fourth-order valence-corrected chi connectivity index (χ4v) is 4.23. The molecule has 9 heteroatoms. The number of hydrogen-bond acceptors (Lipinski definition) is 6. The van der Waals surface area contributed by atoms with Gasteiger partial charge in [-0.15, -0.1) is 0 Å². The SMILES string of the molecule is CC(C)C(NC(=O)CCCN1C(=O)NC2(CCCC2)C1=O)c1nc(C2CC2)no1. The second-order valence-electron chi connectivity index (χ2n) is 8.83. The molecule has 0 radical (unpaired) electrons. The summed E-state index contributed by atoms with van der Waals surface area (Å²) in [5, 5.41) is 9.85. The topological polar surface area (TPSA) is 117 Å². The molecule has 4 rings (SSSR count). The summed E-state index contributed by atoms with van der Waals surface area (Å²) in [6, 6.07) is -0.684. The number of urea groups is 1. The molecular weight excluding hydrogens is 374 g/mol. The van der Waals surface area contributed by atoms with Gasteiger partial charge in [0, 0.05) is 18.9 Å². The minimum absolute atomic E-state index is 0.0969. The number of carbonyl (C=O) groups excluding carboxylic acids is 3. The summed E-state index contributed by atoms with van der Waals surface area (Å²) in [6.45, 7) is 4.22. The summed E-state index contributed by atoms with van der Waals surface area (Å²) in [4.78, 5) is 43.0. The van der Waals surface area contributed by atoms with Gasteiger partial charge in [0.05, 0.1) is 0 Å². The van der Waals surface area contributed by atoms with E-state index in [9.17, 15) is 14.4 Å². The average Bonchev–Trinajstić information content (AvgIpc) is 3.13. The number of nitrogens with zero attached hydrogens (tertiary/aromatic N) is 3. The van der Waals surface area contributed by atoms with Gasteiger partial charge >= 0.3 is 6.03 Å². The monoisotopic (exact) mass is 403 g/mol. The van der Waals surface area contributed by atoms with Crippen LogP contribution in [0, 0.1) is 5.92 Å². The van der Waals surface area contributed by atoms with E-state index in [1.165, 1.54) is 4.90 Å². The molecule has 1 aromatic rings. The van der Waals surface area contributed by atoms with Crippen LogP contribution in [0.1, 0.15) is 88.9 Å². The van der Waals surface area contributed by atoms with Crippen molar-refractivity contribution >= 4 is 17.8 Å². The maximum Gasteiger partial charge on any atom is 0.325 e. The smallest absolute Gasteiger partial charge is 0.325 e. The maximum atomic E-state index is 12.6. The van der Waals surface area contributed by atoms with E-state index in [-0.39, 0.29) is 42.8 Å². The van der Waals surface area contributed by atoms with Gasteiger partial charge in [0.25, 0.3) is 5.91 Å². The number of rotatable bonds is 8. The number of amides is 4. The van der Waals surface area contributed by atoms with E-state index in [0.717, 1.165) is 31.5 Å². The van der Waals surface area contributed by atoms with E-state index in [1.807, 2.05) is 13.8 Å². The second-order valence-corrected chi connectivity index (χ2v) is 8.83. The molecule has 0 aromatic carbocycles. The highest BCUT2D eigenvalue weighted by atomic mass is 16.5. The third-order valence-corrected chi connectivity index (χ3v) is 6.14. The first-order valence-electron chi connectivity index (χ1n) is 10.7. The molecule has 9 nitrogen and oxygen atoms in total. The number of imide groups is 1. The Kier molecular flexibility index (Phi) is 5.31. The Morgan fingerprint density at radius 2 is 2.03 bits per heavy atom. The molecule has 0 bridgehead atoms. The molecule has 2 aliphatic carbocycles. The third-order valence-electron chi connectivity index (χ3n) is 6.14. The fourth-order valence-electron chi connectivity index (χ4n) is 4.23. The van der Waals surface area contributed by atoms with Gasteiger partial charge < -0.3 is 15.2 Å². The number of hydrogen-bond donors (Lipinski definition) is 2. The number of aromatic nitrogens is 2. The summed E-state index contributed by atoms with van der Waals surface area (Å²) < 4.78 is 5.38. The van der Waals surface area contributed by atoms with E-state index >= 15 is 0 Å². The van der Waals surface area contributed by atoms with Crippen molar-refractivity contribution in [3.8, 4) is 0 Å². The van der Waals surface area contributed by atoms with Crippen LogP contribution in [0.5, 0.6) is 0 Å². The molecule has 158 valence electrons. The molecule has 1 unspecified atom stereocenters. The zero-order chi connectivity index (χ0) is 20.6. The van der Waals surface area contributed by atoms with E-state index in [0.29, 0.717) is 31.1 Å². The Balaban J connectivity index is 1.28. The Morgan fingerprint density at radius 3 is 2.69 bits per heavy atom. The lowest BCUT2D eigenvalue weighted by atomic mass is 9.98. The molecule has 1 aromatic heterocycles. The molecule has 29 heavy (non-hydrogen) atoms. The molecule has 1 saturated heterocycles. The summed E-state index contributed by atoms with van der Waals surface area (Å²) in [5.74, 6) is 1.35.